The molecule has 6 nitrogen and oxygen atoms in total. The first-order valence-electron chi connectivity index (χ1n) is 6.03. The molecule has 3 rings (SSSR count). The predicted octanol–water partition coefficient (Wildman–Crippen LogP) is 1.59. The monoisotopic (exact) mass is 284 g/mol. The van der Waals surface area contributed by atoms with Crippen molar-refractivity contribution in [2.24, 2.45) is 5.84 Å². The molecule has 106 valence electrons. The van der Waals surface area contributed by atoms with Crippen LogP contribution in [0.3, 0.4) is 0 Å². The average molecular weight is 284 g/mol. The molecule has 2 aromatic carbocycles. The summed E-state index contributed by atoms with van der Waals surface area (Å²) in [6.07, 6.45) is -1.22. The van der Waals surface area contributed by atoms with Crippen LogP contribution in [0.15, 0.2) is 48.5 Å². The predicted molar refractivity (Wildman–Crippen MR) is 75.1 cm³/mol. The molecule has 1 amide bonds. The molecule has 1 aliphatic rings. The van der Waals surface area contributed by atoms with Gasteiger partial charge in [0, 0.05) is 22.3 Å². The Balaban J connectivity index is 0.000000282. The first-order valence-corrected chi connectivity index (χ1v) is 6.03. The Bertz CT molecular complexity index is 620. The molecule has 0 saturated carbocycles. The molecule has 0 radical (unpaired) electrons. The van der Waals surface area contributed by atoms with Crippen LogP contribution in [0, 0.1) is 0 Å². The largest absolute Gasteiger partial charge is 0.464 e. The highest BCUT2D eigenvalue weighted by atomic mass is 16.4. The van der Waals surface area contributed by atoms with E-state index in [1.54, 1.807) is 48.5 Å². The maximum atomic E-state index is 12.1. The zero-order chi connectivity index (χ0) is 15.4. The lowest BCUT2D eigenvalue weighted by atomic mass is 9.84. The number of amides is 1. The summed E-state index contributed by atoms with van der Waals surface area (Å²) < 4.78 is 0. The number of rotatable bonds is 0. The molecule has 21 heavy (non-hydrogen) atoms. The van der Waals surface area contributed by atoms with Gasteiger partial charge in [0.15, 0.2) is 11.6 Å². The molecule has 2 aromatic rings. The van der Waals surface area contributed by atoms with Crippen molar-refractivity contribution in [3.63, 3.8) is 0 Å². The van der Waals surface area contributed by atoms with Crippen molar-refractivity contribution in [2.45, 2.75) is 0 Å². The summed E-state index contributed by atoms with van der Waals surface area (Å²) in [6.45, 7) is 0. The van der Waals surface area contributed by atoms with Crippen LogP contribution >= 0.6 is 0 Å². The van der Waals surface area contributed by atoms with E-state index < -0.39 is 6.09 Å². The van der Waals surface area contributed by atoms with Crippen molar-refractivity contribution in [1.82, 2.24) is 5.43 Å². The molecule has 0 atom stereocenters. The molecule has 0 saturated heterocycles. The standard InChI is InChI=1S/C14H8O2.CH4N2O2/c15-13-9-5-1-2-6-10(9)14(16)12-8-4-3-7-11(12)13;2-3-1(4)5/h1-8H;3H,2H2,(H,4,5). The summed E-state index contributed by atoms with van der Waals surface area (Å²) >= 11 is 0. The van der Waals surface area contributed by atoms with Gasteiger partial charge in [0.05, 0.1) is 0 Å². The SMILES string of the molecule is NNC(=O)O.O=C1c2ccccc2C(=O)c2ccccc21. The average Bonchev–Trinajstić information content (AvgIpc) is 2.53. The van der Waals surface area contributed by atoms with E-state index >= 15 is 0 Å². The Morgan fingerprint density at radius 1 is 0.810 bits per heavy atom. The van der Waals surface area contributed by atoms with Crippen molar-refractivity contribution in [2.75, 3.05) is 0 Å². The molecular formula is C15H12N2O4. The Labute approximate surface area is 120 Å². The van der Waals surface area contributed by atoms with Gasteiger partial charge in [-0.25, -0.2) is 10.6 Å². The quantitative estimate of drug-likeness (QED) is 0.330. The molecule has 0 heterocycles. The van der Waals surface area contributed by atoms with Crippen LogP contribution in [0.2, 0.25) is 0 Å². The lowest BCUT2D eigenvalue weighted by Crippen LogP contribution is -2.27. The maximum absolute atomic E-state index is 12.1. The van der Waals surface area contributed by atoms with Crippen LogP contribution in [0.4, 0.5) is 4.79 Å². The van der Waals surface area contributed by atoms with Crippen LogP contribution in [0.1, 0.15) is 31.8 Å². The molecule has 6 heteroatoms. The van der Waals surface area contributed by atoms with E-state index in [1.807, 2.05) is 0 Å². The van der Waals surface area contributed by atoms with Crippen LogP contribution in [-0.4, -0.2) is 22.8 Å². The Kier molecular flexibility index (Phi) is 4.10. The fraction of sp³-hybridized carbons (Fsp3) is 0. The van der Waals surface area contributed by atoms with Crippen molar-refractivity contribution in [1.29, 1.82) is 0 Å². The first-order chi connectivity index (χ1) is 10.1. The topological polar surface area (TPSA) is 109 Å². The number of hydrogen-bond donors (Lipinski definition) is 3. The smallest absolute Gasteiger partial charge is 0.418 e. The maximum Gasteiger partial charge on any atom is 0.418 e. The molecular weight excluding hydrogens is 272 g/mol. The summed E-state index contributed by atoms with van der Waals surface area (Å²) in [5.74, 6) is 4.19. The second-order valence-corrected chi connectivity index (χ2v) is 4.20. The second kappa shape index (κ2) is 5.98. The Morgan fingerprint density at radius 2 is 1.05 bits per heavy atom. The van der Waals surface area contributed by atoms with E-state index in [1.165, 1.54) is 5.43 Å². The van der Waals surface area contributed by atoms with Gasteiger partial charge in [-0.05, 0) is 0 Å². The van der Waals surface area contributed by atoms with Gasteiger partial charge in [0.1, 0.15) is 0 Å². The summed E-state index contributed by atoms with van der Waals surface area (Å²) in [7, 11) is 0. The Hall–Kier alpha value is -2.99. The van der Waals surface area contributed by atoms with Crippen LogP contribution < -0.4 is 11.3 Å². The molecule has 0 bridgehead atoms. The van der Waals surface area contributed by atoms with E-state index in [-0.39, 0.29) is 11.6 Å². The fourth-order valence-electron chi connectivity index (χ4n) is 2.05. The Morgan fingerprint density at radius 3 is 1.24 bits per heavy atom. The van der Waals surface area contributed by atoms with Gasteiger partial charge >= 0.3 is 6.09 Å². The van der Waals surface area contributed by atoms with Crippen molar-refractivity contribution in [3.05, 3.63) is 70.8 Å². The zero-order valence-corrected chi connectivity index (χ0v) is 10.9. The number of nitrogens with one attached hydrogen (secondary N) is 1. The van der Waals surface area contributed by atoms with Gasteiger partial charge in [0.25, 0.3) is 0 Å². The minimum Gasteiger partial charge on any atom is -0.464 e. The van der Waals surface area contributed by atoms with E-state index in [0.29, 0.717) is 22.3 Å². The number of ketones is 2. The van der Waals surface area contributed by atoms with E-state index in [4.69, 9.17) is 9.90 Å². The van der Waals surface area contributed by atoms with Crippen molar-refractivity contribution in [3.8, 4) is 0 Å². The summed E-state index contributed by atoms with van der Waals surface area (Å²) in [5, 5.41) is 7.49. The lowest BCUT2D eigenvalue weighted by molar-refractivity contribution is 0.0979. The number of carboxylic acid groups (broad SMARTS) is 1. The van der Waals surface area contributed by atoms with Gasteiger partial charge < -0.3 is 5.11 Å². The molecule has 0 aliphatic heterocycles. The molecule has 0 aromatic heterocycles. The molecule has 0 fully saturated rings. The zero-order valence-electron chi connectivity index (χ0n) is 10.9. The van der Waals surface area contributed by atoms with Crippen LogP contribution in [0.25, 0.3) is 0 Å². The van der Waals surface area contributed by atoms with Gasteiger partial charge in [0.2, 0.25) is 0 Å². The minimum atomic E-state index is -1.22. The summed E-state index contributed by atoms with van der Waals surface area (Å²) in [4.78, 5) is 33.3. The summed E-state index contributed by atoms with van der Waals surface area (Å²) in [5.41, 5.74) is 3.47. The number of hydrogen-bond acceptors (Lipinski definition) is 4. The number of carbonyl (C=O) groups is 3. The van der Waals surface area contributed by atoms with Gasteiger partial charge in [-0.3, -0.25) is 15.0 Å². The molecule has 0 unspecified atom stereocenters. The van der Waals surface area contributed by atoms with E-state index in [9.17, 15) is 9.59 Å². The first kappa shape index (κ1) is 14.4. The van der Waals surface area contributed by atoms with Crippen LogP contribution in [0.5, 0.6) is 0 Å². The third-order valence-corrected chi connectivity index (χ3v) is 2.96. The summed E-state index contributed by atoms with van der Waals surface area (Å²) in [6, 6.07) is 13.9. The van der Waals surface area contributed by atoms with Crippen molar-refractivity contribution < 1.29 is 19.5 Å². The molecule has 0 spiro atoms. The molecule has 1 aliphatic carbocycles. The van der Waals surface area contributed by atoms with Crippen LogP contribution in [-0.2, 0) is 0 Å². The number of benzene rings is 2. The highest BCUT2D eigenvalue weighted by molar-refractivity contribution is 6.28. The minimum absolute atomic E-state index is 0.0641. The number of hydrazine groups is 1. The highest BCUT2D eigenvalue weighted by Crippen LogP contribution is 2.26. The number of carbonyl (C=O) groups excluding carboxylic acids is 2. The molecule has 4 N–H and O–H groups in total. The highest BCUT2D eigenvalue weighted by Gasteiger charge is 2.28. The lowest BCUT2D eigenvalue weighted by Gasteiger charge is -2.16. The number of nitrogens with two attached hydrogens (primary N) is 1. The van der Waals surface area contributed by atoms with Crippen molar-refractivity contribution >= 4 is 17.7 Å². The third kappa shape index (κ3) is 2.80. The van der Waals surface area contributed by atoms with E-state index in [2.05, 4.69) is 5.84 Å². The van der Waals surface area contributed by atoms with Gasteiger partial charge in [-0.2, -0.15) is 0 Å². The normalized spacial score (nSPS) is 11.7. The number of fused-ring (bicyclic) bond motifs is 2. The fourth-order valence-corrected chi connectivity index (χ4v) is 2.05. The van der Waals surface area contributed by atoms with E-state index in [0.717, 1.165) is 0 Å². The van der Waals surface area contributed by atoms with Gasteiger partial charge in [-0.15, -0.1) is 0 Å². The second-order valence-electron chi connectivity index (χ2n) is 4.20. The van der Waals surface area contributed by atoms with Gasteiger partial charge in [-0.1, -0.05) is 48.5 Å². The third-order valence-electron chi connectivity index (χ3n) is 2.96.